The summed E-state index contributed by atoms with van der Waals surface area (Å²) in [6.07, 6.45) is 0. The van der Waals surface area contributed by atoms with Crippen molar-refractivity contribution in [1.29, 1.82) is 0 Å². The number of halogens is 1. The second-order valence-electron chi connectivity index (χ2n) is 4.21. The Morgan fingerprint density at radius 2 is 2.00 bits per heavy atom. The predicted octanol–water partition coefficient (Wildman–Crippen LogP) is 2.26. The number of methoxy groups -OCH3 is 2. The number of aromatic nitrogens is 2. The van der Waals surface area contributed by atoms with E-state index in [1.165, 1.54) is 21.1 Å². The van der Waals surface area contributed by atoms with Crippen LogP contribution in [-0.4, -0.2) is 30.2 Å². The molecule has 0 spiro atoms. The quantitative estimate of drug-likeness (QED) is 0.629. The van der Waals surface area contributed by atoms with Crippen LogP contribution in [0.4, 0.5) is 0 Å². The molecule has 1 heterocycles. The summed E-state index contributed by atoms with van der Waals surface area (Å²) >= 11 is 2.16. The third-order valence-electron chi connectivity index (χ3n) is 2.90. The molecule has 0 saturated heterocycles. The Morgan fingerprint density at radius 1 is 1.29 bits per heavy atom. The number of benzene rings is 1. The first-order valence-corrected chi connectivity index (χ1v) is 7.09. The Kier molecular flexibility index (Phi) is 4.61. The van der Waals surface area contributed by atoms with Gasteiger partial charge in [0.2, 0.25) is 0 Å². The van der Waals surface area contributed by atoms with Gasteiger partial charge in [0.15, 0.2) is 17.2 Å². The Hall–Kier alpha value is -1.90. The largest absolute Gasteiger partial charge is 0.496 e. The van der Waals surface area contributed by atoms with Gasteiger partial charge in [0.25, 0.3) is 5.43 Å². The van der Waals surface area contributed by atoms with Crippen LogP contribution < -0.4 is 14.9 Å². The molecule has 0 aliphatic carbocycles. The van der Waals surface area contributed by atoms with Crippen molar-refractivity contribution in [2.75, 3.05) is 14.2 Å². The van der Waals surface area contributed by atoms with Gasteiger partial charge in [-0.2, -0.15) is 5.10 Å². The second kappa shape index (κ2) is 6.25. The van der Waals surface area contributed by atoms with Gasteiger partial charge in [0.05, 0.1) is 14.2 Å². The van der Waals surface area contributed by atoms with Gasteiger partial charge in [0.1, 0.15) is 11.4 Å². The van der Waals surface area contributed by atoms with Crippen molar-refractivity contribution < 1.29 is 14.3 Å². The van der Waals surface area contributed by atoms with Crippen molar-refractivity contribution in [3.8, 4) is 22.8 Å². The molecule has 2 rings (SSSR count). The summed E-state index contributed by atoms with van der Waals surface area (Å²) in [6, 6.07) is 5.49. The number of Topliss-reactive ketones (excluding diaryl/α,β-unsaturated/α-hetero) is 1. The Balaban J connectivity index is 2.73. The molecule has 7 heteroatoms. The molecule has 0 fully saturated rings. The van der Waals surface area contributed by atoms with E-state index in [9.17, 15) is 9.59 Å². The molecule has 0 aliphatic heterocycles. The summed E-state index contributed by atoms with van der Waals surface area (Å²) < 4.78 is 11.5. The van der Waals surface area contributed by atoms with Gasteiger partial charge in [-0.3, -0.25) is 14.7 Å². The smallest absolute Gasteiger partial charge is 0.253 e. The minimum atomic E-state index is -0.542. The fourth-order valence-corrected chi connectivity index (χ4v) is 2.38. The van der Waals surface area contributed by atoms with E-state index in [0.29, 0.717) is 17.0 Å². The number of hydrogen-bond donors (Lipinski definition) is 1. The number of hydrogen-bond acceptors (Lipinski definition) is 5. The third kappa shape index (κ3) is 2.92. The number of rotatable bonds is 4. The number of H-pyrrole nitrogens is 1. The summed E-state index contributed by atoms with van der Waals surface area (Å²) in [5.41, 5.74) is 0.287. The van der Waals surface area contributed by atoms with E-state index in [0.717, 1.165) is 3.57 Å². The van der Waals surface area contributed by atoms with Crippen molar-refractivity contribution in [3.05, 3.63) is 37.7 Å². The van der Waals surface area contributed by atoms with E-state index < -0.39 is 11.2 Å². The molecular formula is C14H13IN2O4. The maximum absolute atomic E-state index is 12.2. The standard InChI is InChI=1S/C14H13IN2O4/c1-7(18)11-13(19)14(21-3)12(17-16-11)9-5-4-8(15)6-10(9)20-2/h4-6H,1-3H3,(H,17,19). The number of carbonyl (C=O) groups is 1. The zero-order valence-electron chi connectivity index (χ0n) is 11.7. The van der Waals surface area contributed by atoms with E-state index in [1.807, 2.05) is 12.1 Å². The van der Waals surface area contributed by atoms with E-state index in [1.54, 1.807) is 6.07 Å². The molecule has 21 heavy (non-hydrogen) atoms. The van der Waals surface area contributed by atoms with Crippen molar-refractivity contribution in [2.45, 2.75) is 6.92 Å². The highest BCUT2D eigenvalue weighted by molar-refractivity contribution is 14.1. The number of carbonyl (C=O) groups excluding carboxylic acids is 1. The second-order valence-corrected chi connectivity index (χ2v) is 5.46. The normalized spacial score (nSPS) is 10.3. The van der Waals surface area contributed by atoms with Crippen LogP contribution in [0.1, 0.15) is 17.4 Å². The van der Waals surface area contributed by atoms with Crippen LogP contribution in [0, 0.1) is 3.57 Å². The molecule has 0 aliphatic rings. The van der Waals surface area contributed by atoms with Crippen LogP contribution in [0.3, 0.4) is 0 Å². The third-order valence-corrected chi connectivity index (χ3v) is 3.57. The highest BCUT2D eigenvalue weighted by Crippen LogP contribution is 2.33. The SMILES string of the molecule is COc1cc(I)ccc1-c1[nH]nc(C(C)=O)c(=O)c1OC. The monoisotopic (exact) mass is 400 g/mol. The highest BCUT2D eigenvalue weighted by atomic mass is 127. The molecule has 0 amide bonds. The van der Waals surface area contributed by atoms with Crippen LogP contribution in [0.5, 0.6) is 11.5 Å². The molecule has 0 saturated carbocycles. The zero-order valence-corrected chi connectivity index (χ0v) is 13.8. The molecular weight excluding hydrogens is 387 g/mol. The van der Waals surface area contributed by atoms with Crippen LogP contribution in [0.25, 0.3) is 11.3 Å². The minimum absolute atomic E-state index is 0.0368. The number of nitrogens with one attached hydrogen (secondary N) is 1. The average Bonchev–Trinajstić information content (AvgIpc) is 2.46. The van der Waals surface area contributed by atoms with Crippen LogP contribution in [0.2, 0.25) is 0 Å². The maximum atomic E-state index is 12.2. The summed E-state index contributed by atoms with van der Waals surface area (Å²) in [4.78, 5) is 23.6. The van der Waals surface area contributed by atoms with Gasteiger partial charge in [-0.15, -0.1) is 0 Å². The van der Waals surface area contributed by atoms with E-state index in [4.69, 9.17) is 9.47 Å². The van der Waals surface area contributed by atoms with Gasteiger partial charge in [0, 0.05) is 16.1 Å². The van der Waals surface area contributed by atoms with Crippen LogP contribution in [0.15, 0.2) is 23.0 Å². The first-order chi connectivity index (χ1) is 9.99. The number of nitrogens with zero attached hydrogens (tertiary/aromatic N) is 1. The van der Waals surface area contributed by atoms with Crippen molar-refractivity contribution in [2.24, 2.45) is 0 Å². The number of aromatic amines is 1. The lowest BCUT2D eigenvalue weighted by atomic mass is 10.1. The summed E-state index contributed by atoms with van der Waals surface area (Å²) in [6.45, 7) is 1.28. The van der Waals surface area contributed by atoms with E-state index in [2.05, 4.69) is 32.8 Å². The molecule has 0 radical (unpaired) electrons. The summed E-state index contributed by atoms with van der Waals surface area (Å²) in [7, 11) is 2.91. The lowest BCUT2D eigenvalue weighted by molar-refractivity contribution is 0.101. The van der Waals surface area contributed by atoms with Gasteiger partial charge < -0.3 is 9.47 Å². The number of ether oxygens (including phenoxy) is 2. The first kappa shape index (κ1) is 15.5. The fourth-order valence-electron chi connectivity index (χ4n) is 1.92. The highest BCUT2D eigenvalue weighted by Gasteiger charge is 2.20. The molecule has 0 atom stereocenters. The van der Waals surface area contributed by atoms with Gasteiger partial charge in [-0.05, 0) is 40.8 Å². The maximum Gasteiger partial charge on any atom is 0.253 e. The Morgan fingerprint density at radius 3 is 2.57 bits per heavy atom. The number of ketones is 1. The summed E-state index contributed by atoms with van der Waals surface area (Å²) in [5.74, 6) is 0.193. The van der Waals surface area contributed by atoms with Crippen LogP contribution >= 0.6 is 22.6 Å². The van der Waals surface area contributed by atoms with Gasteiger partial charge >= 0.3 is 0 Å². The van der Waals surface area contributed by atoms with Crippen molar-refractivity contribution >= 4 is 28.4 Å². The molecule has 2 aromatic rings. The van der Waals surface area contributed by atoms with Gasteiger partial charge in [-0.1, -0.05) is 0 Å². The molecule has 1 aromatic carbocycles. The summed E-state index contributed by atoms with van der Waals surface area (Å²) in [5, 5.41) is 6.55. The lowest BCUT2D eigenvalue weighted by Crippen LogP contribution is -2.19. The molecule has 0 unspecified atom stereocenters. The topological polar surface area (TPSA) is 81.3 Å². The fraction of sp³-hybridized carbons (Fsp3) is 0.214. The van der Waals surface area contributed by atoms with Crippen molar-refractivity contribution in [1.82, 2.24) is 10.2 Å². The Labute approximate surface area is 134 Å². The van der Waals surface area contributed by atoms with E-state index in [-0.39, 0.29) is 11.4 Å². The lowest BCUT2D eigenvalue weighted by Gasteiger charge is -2.12. The predicted molar refractivity (Wildman–Crippen MR) is 86.1 cm³/mol. The molecule has 1 N–H and O–H groups in total. The first-order valence-electron chi connectivity index (χ1n) is 6.01. The molecule has 0 bridgehead atoms. The molecule has 6 nitrogen and oxygen atoms in total. The zero-order chi connectivity index (χ0) is 15.6. The minimum Gasteiger partial charge on any atom is -0.496 e. The molecule has 110 valence electrons. The van der Waals surface area contributed by atoms with Crippen molar-refractivity contribution in [3.63, 3.8) is 0 Å². The van der Waals surface area contributed by atoms with E-state index >= 15 is 0 Å². The average molecular weight is 400 g/mol. The van der Waals surface area contributed by atoms with Crippen LogP contribution in [-0.2, 0) is 0 Å². The molecule has 1 aromatic heterocycles. The Bertz CT molecular complexity index is 755. The van der Waals surface area contributed by atoms with Gasteiger partial charge in [-0.25, -0.2) is 0 Å².